The maximum atomic E-state index is 13.1. The lowest BCUT2D eigenvalue weighted by molar-refractivity contribution is 0.598. The minimum absolute atomic E-state index is 0.139. The second kappa shape index (κ2) is 6.74. The average Bonchev–Trinajstić information content (AvgIpc) is 3.06. The average molecular weight is 386 g/mol. The first kappa shape index (κ1) is 17.6. The number of hydrogen-bond acceptors (Lipinski definition) is 4. The zero-order valence-corrected chi connectivity index (χ0v) is 16.0. The highest BCUT2D eigenvalue weighted by molar-refractivity contribution is 6.29. The van der Waals surface area contributed by atoms with Crippen molar-refractivity contribution in [3.05, 3.63) is 62.3 Å². The Morgan fingerprint density at radius 2 is 1.96 bits per heavy atom. The molecule has 140 valence electrons. The second-order valence-electron chi connectivity index (χ2n) is 6.62. The molecule has 4 rings (SSSR count). The van der Waals surface area contributed by atoms with E-state index in [9.17, 15) is 9.59 Å². The molecule has 0 radical (unpaired) electrons. The van der Waals surface area contributed by atoms with Crippen molar-refractivity contribution in [1.29, 1.82) is 0 Å². The van der Waals surface area contributed by atoms with Gasteiger partial charge < -0.3 is 9.47 Å². The van der Waals surface area contributed by atoms with E-state index in [0.717, 1.165) is 18.7 Å². The smallest absolute Gasteiger partial charge is 0.312 e. The Balaban J connectivity index is 1.97. The van der Waals surface area contributed by atoms with Crippen LogP contribution >= 0.6 is 11.6 Å². The first-order valence-corrected chi connectivity index (χ1v) is 9.21. The fourth-order valence-electron chi connectivity index (χ4n) is 3.50. The summed E-state index contributed by atoms with van der Waals surface area (Å²) in [6, 6.07) is 9.94. The Morgan fingerprint density at radius 3 is 2.67 bits per heavy atom. The molecule has 0 fully saturated rings. The van der Waals surface area contributed by atoms with Crippen molar-refractivity contribution in [2.45, 2.75) is 26.4 Å². The summed E-state index contributed by atoms with van der Waals surface area (Å²) in [5.74, 6) is 0.691. The van der Waals surface area contributed by atoms with E-state index in [1.165, 1.54) is 9.13 Å². The third-order valence-electron chi connectivity index (χ3n) is 4.84. The van der Waals surface area contributed by atoms with Gasteiger partial charge in [-0.1, -0.05) is 35.9 Å². The Kier molecular flexibility index (Phi) is 4.39. The van der Waals surface area contributed by atoms with Gasteiger partial charge in [0.1, 0.15) is 0 Å². The third kappa shape index (κ3) is 2.88. The summed E-state index contributed by atoms with van der Waals surface area (Å²) in [6.45, 7) is 3.35. The van der Waals surface area contributed by atoms with E-state index in [1.807, 2.05) is 34.9 Å². The monoisotopic (exact) mass is 385 g/mol. The predicted molar refractivity (Wildman–Crippen MR) is 107 cm³/mol. The number of aryl methyl sites for hydroxylation is 2. The number of benzene rings is 1. The summed E-state index contributed by atoms with van der Waals surface area (Å²) in [5.41, 5.74) is 1.14. The zero-order valence-electron chi connectivity index (χ0n) is 15.2. The maximum Gasteiger partial charge on any atom is 0.332 e. The highest BCUT2D eigenvalue weighted by atomic mass is 35.5. The fraction of sp³-hybridized carbons (Fsp3) is 0.316. The van der Waals surface area contributed by atoms with Crippen LogP contribution in [0.25, 0.3) is 11.2 Å². The molecule has 8 heteroatoms. The van der Waals surface area contributed by atoms with Crippen LogP contribution in [-0.2, 0) is 20.1 Å². The molecule has 1 aliphatic rings. The van der Waals surface area contributed by atoms with Crippen LogP contribution in [0.2, 0.25) is 0 Å². The number of halogens is 1. The van der Waals surface area contributed by atoms with Crippen LogP contribution in [0.4, 0.5) is 11.6 Å². The van der Waals surface area contributed by atoms with E-state index in [-0.39, 0.29) is 12.1 Å². The van der Waals surface area contributed by atoms with Crippen molar-refractivity contribution in [3.63, 3.8) is 0 Å². The molecule has 0 bridgehead atoms. The molecule has 0 saturated carbocycles. The fourth-order valence-corrected chi connectivity index (χ4v) is 3.56. The molecule has 27 heavy (non-hydrogen) atoms. The van der Waals surface area contributed by atoms with Gasteiger partial charge in [-0.2, -0.15) is 4.98 Å². The normalized spacial score (nSPS) is 14.6. The Hall–Kier alpha value is -2.80. The molecule has 0 spiro atoms. The molecule has 0 amide bonds. The van der Waals surface area contributed by atoms with Crippen molar-refractivity contribution >= 4 is 34.4 Å². The van der Waals surface area contributed by atoms with Gasteiger partial charge in [-0.25, -0.2) is 4.79 Å². The van der Waals surface area contributed by atoms with E-state index >= 15 is 0 Å². The van der Waals surface area contributed by atoms with Gasteiger partial charge in [-0.3, -0.25) is 13.9 Å². The molecule has 3 aromatic rings. The van der Waals surface area contributed by atoms with Gasteiger partial charge in [0.25, 0.3) is 5.56 Å². The van der Waals surface area contributed by atoms with Gasteiger partial charge >= 0.3 is 5.69 Å². The number of anilines is 2. The summed E-state index contributed by atoms with van der Waals surface area (Å²) in [7, 11) is 1.64. The van der Waals surface area contributed by atoms with Gasteiger partial charge in [0.15, 0.2) is 11.2 Å². The van der Waals surface area contributed by atoms with Crippen LogP contribution in [0.5, 0.6) is 0 Å². The van der Waals surface area contributed by atoms with Gasteiger partial charge in [-0.15, -0.1) is 0 Å². The van der Waals surface area contributed by atoms with Gasteiger partial charge in [0, 0.05) is 30.9 Å². The largest absolute Gasteiger partial charge is 0.332 e. The molecule has 1 aliphatic heterocycles. The zero-order chi connectivity index (χ0) is 19.1. The van der Waals surface area contributed by atoms with Crippen LogP contribution in [0.1, 0.15) is 13.3 Å². The first-order chi connectivity index (χ1) is 13.0. The van der Waals surface area contributed by atoms with Crippen LogP contribution in [-0.4, -0.2) is 25.2 Å². The number of allylic oxidation sites excluding steroid dienone is 2. The molecule has 7 nitrogen and oxygen atoms in total. The molecule has 3 heterocycles. The third-order valence-corrected chi connectivity index (χ3v) is 4.99. The van der Waals surface area contributed by atoms with Gasteiger partial charge in [0.05, 0.1) is 6.54 Å². The lowest BCUT2D eigenvalue weighted by Crippen LogP contribution is -2.39. The van der Waals surface area contributed by atoms with E-state index in [2.05, 4.69) is 9.88 Å². The number of aromatic nitrogens is 4. The lowest BCUT2D eigenvalue weighted by atomic mass is 10.2. The number of para-hydroxylation sites is 1. The number of rotatable bonds is 3. The number of hydrogen-bond donors (Lipinski definition) is 0. The molecular formula is C19H20ClN5O2. The quantitative estimate of drug-likeness (QED) is 0.695. The Morgan fingerprint density at radius 1 is 1.22 bits per heavy atom. The molecule has 2 aromatic heterocycles. The molecule has 0 atom stereocenters. The van der Waals surface area contributed by atoms with E-state index < -0.39 is 5.69 Å². The molecule has 0 aliphatic carbocycles. The van der Waals surface area contributed by atoms with E-state index in [0.29, 0.717) is 28.7 Å². The second-order valence-corrected chi connectivity index (χ2v) is 7.22. The van der Waals surface area contributed by atoms with Crippen LogP contribution in [0, 0.1) is 0 Å². The number of imidazole rings is 1. The van der Waals surface area contributed by atoms with Crippen molar-refractivity contribution in [3.8, 4) is 0 Å². The SMILES string of the molecule is C/C(Cl)=C/Cn1c(=O)c2c(nc3n2CCCN3c2ccccc2)n(C)c1=O. The standard InChI is InChI=1S/C19H20ClN5O2/c1-13(20)9-12-25-17(26)15-16(22(2)19(25)27)21-18-23(10-6-11-24(15)18)14-7-4-3-5-8-14/h3-5,7-9H,6,10-12H2,1-2H3/b13-9-. The van der Waals surface area contributed by atoms with Gasteiger partial charge in [0.2, 0.25) is 5.95 Å². The minimum atomic E-state index is -0.400. The van der Waals surface area contributed by atoms with E-state index in [4.69, 9.17) is 11.6 Å². The Bertz CT molecular complexity index is 1150. The van der Waals surface area contributed by atoms with E-state index in [1.54, 1.807) is 20.0 Å². The van der Waals surface area contributed by atoms with Crippen molar-refractivity contribution in [1.82, 2.24) is 18.7 Å². The predicted octanol–water partition coefficient (Wildman–Crippen LogP) is 2.58. The Labute approximate surface area is 160 Å². The van der Waals surface area contributed by atoms with Crippen molar-refractivity contribution in [2.75, 3.05) is 11.4 Å². The lowest BCUT2D eigenvalue weighted by Gasteiger charge is -2.28. The topological polar surface area (TPSA) is 65.1 Å². The van der Waals surface area contributed by atoms with Crippen LogP contribution in [0.3, 0.4) is 0 Å². The van der Waals surface area contributed by atoms with Crippen molar-refractivity contribution < 1.29 is 0 Å². The minimum Gasteiger partial charge on any atom is -0.312 e. The molecule has 0 unspecified atom stereocenters. The number of fused-ring (bicyclic) bond motifs is 3. The van der Waals surface area contributed by atoms with Crippen LogP contribution < -0.4 is 16.1 Å². The molecule has 0 saturated heterocycles. The summed E-state index contributed by atoms with van der Waals surface area (Å²) in [5, 5.41) is 0.537. The molecule has 1 aromatic carbocycles. The summed E-state index contributed by atoms with van der Waals surface area (Å²) >= 11 is 5.88. The first-order valence-electron chi connectivity index (χ1n) is 8.84. The summed E-state index contributed by atoms with van der Waals surface area (Å²) < 4.78 is 4.55. The molecular weight excluding hydrogens is 366 g/mol. The number of nitrogens with zero attached hydrogens (tertiary/aromatic N) is 5. The summed E-state index contributed by atoms with van der Waals surface area (Å²) in [4.78, 5) is 32.5. The summed E-state index contributed by atoms with van der Waals surface area (Å²) in [6.07, 6.45) is 2.54. The van der Waals surface area contributed by atoms with Gasteiger partial charge in [-0.05, 0) is 25.5 Å². The highest BCUT2D eigenvalue weighted by Gasteiger charge is 2.26. The highest BCUT2D eigenvalue weighted by Crippen LogP contribution is 2.30. The molecule has 0 N–H and O–H groups in total. The van der Waals surface area contributed by atoms with Crippen molar-refractivity contribution in [2.24, 2.45) is 7.05 Å². The van der Waals surface area contributed by atoms with Crippen LogP contribution in [0.15, 0.2) is 51.0 Å². The maximum absolute atomic E-state index is 13.1.